The molecule has 1 aliphatic rings. The summed E-state index contributed by atoms with van der Waals surface area (Å²) in [4.78, 5) is 13.6. The van der Waals surface area contributed by atoms with Crippen LogP contribution >= 0.6 is 0 Å². The van der Waals surface area contributed by atoms with E-state index in [2.05, 4.69) is 11.9 Å². The highest BCUT2D eigenvalue weighted by Crippen LogP contribution is 2.28. The number of rotatable bonds is 5. The van der Waals surface area contributed by atoms with Gasteiger partial charge in [-0.2, -0.15) is 0 Å². The predicted octanol–water partition coefficient (Wildman–Crippen LogP) is 1.30. The zero-order valence-corrected chi connectivity index (χ0v) is 10.3. The van der Waals surface area contributed by atoms with Crippen molar-refractivity contribution >= 4 is 5.78 Å². The van der Waals surface area contributed by atoms with E-state index in [0.29, 0.717) is 5.92 Å². The summed E-state index contributed by atoms with van der Waals surface area (Å²) in [6.07, 6.45) is 1.76. The van der Waals surface area contributed by atoms with Crippen LogP contribution in [0.25, 0.3) is 0 Å². The third-order valence-electron chi connectivity index (χ3n) is 3.40. The van der Waals surface area contributed by atoms with Crippen molar-refractivity contribution in [1.82, 2.24) is 4.90 Å². The minimum absolute atomic E-state index is 0.0794. The first-order valence-electron chi connectivity index (χ1n) is 5.69. The fourth-order valence-corrected chi connectivity index (χ4v) is 2.14. The summed E-state index contributed by atoms with van der Waals surface area (Å²) in [5, 5.41) is 9.18. The molecule has 0 saturated heterocycles. The maximum atomic E-state index is 11.4. The highest BCUT2D eigenvalue weighted by molar-refractivity contribution is 5.81. The number of Topliss-reactive ketones (excluding diaryl/α,β-unsaturated/α-hetero) is 1. The van der Waals surface area contributed by atoms with Crippen LogP contribution < -0.4 is 0 Å². The van der Waals surface area contributed by atoms with E-state index in [0.717, 1.165) is 25.9 Å². The van der Waals surface area contributed by atoms with Crippen molar-refractivity contribution < 1.29 is 9.90 Å². The highest BCUT2D eigenvalue weighted by Gasteiger charge is 2.30. The fourth-order valence-electron chi connectivity index (χ4n) is 2.14. The fraction of sp³-hybridized carbons (Fsp3) is 0.917. The second-order valence-electron chi connectivity index (χ2n) is 5.63. The van der Waals surface area contributed by atoms with Gasteiger partial charge in [0.25, 0.3) is 0 Å². The van der Waals surface area contributed by atoms with Crippen LogP contribution in [0.4, 0.5) is 0 Å². The Bertz CT molecular complexity index is 232. The monoisotopic (exact) mass is 213 g/mol. The van der Waals surface area contributed by atoms with E-state index >= 15 is 0 Å². The lowest BCUT2D eigenvalue weighted by molar-refractivity contribution is -0.125. The van der Waals surface area contributed by atoms with Crippen molar-refractivity contribution in [2.75, 3.05) is 20.1 Å². The molecule has 0 radical (unpaired) electrons. The quantitative estimate of drug-likeness (QED) is 0.748. The molecule has 1 rings (SSSR count). The molecule has 0 spiro atoms. The Hall–Kier alpha value is -0.410. The Morgan fingerprint density at radius 2 is 2.00 bits per heavy atom. The Morgan fingerprint density at radius 1 is 1.47 bits per heavy atom. The molecule has 88 valence electrons. The second-order valence-corrected chi connectivity index (χ2v) is 5.63. The van der Waals surface area contributed by atoms with E-state index in [9.17, 15) is 9.90 Å². The van der Waals surface area contributed by atoms with Gasteiger partial charge in [-0.1, -0.05) is 13.8 Å². The van der Waals surface area contributed by atoms with Gasteiger partial charge >= 0.3 is 0 Å². The molecular weight excluding hydrogens is 190 g/mol. The molecule has 1 N–H and O–H groups in total. The van der Waals surface area contributed by atoms with Gasteiger partial charge in [-0.25, -0.2) is 0 Å². The first-order chi connectivity index (χ1) is 6.81. The van der Waals surface area contributed by atoms with Gasteiger partial charge in [-0.15, -0.1) is 0 Å². The molecule has 0 aromatic carbocycles. The van der Waals surface area contributed by atoms with Crippen LogP contribution in [0.15, 0.2) is 0 Å². The zero-order chi connectivity index (χ0) is 11.6. The number of ketones is 1. The lowest BCUT2D eigenvalue weighted by Crippen LogP contribution is -2.42. The molecule has 0 aromatic rings. The number of nitrogens with zero attached hydrogens (tertiary/aromatic N) is 1. The van der Waals surface area contributed by atoms with Crippen molar-refractivity contribution in [1.29, 1.82) is 0 Å². The number of hydrogen-bond donors (Lipinski definition) is 1. The molecule has 1 saturated carbocycles. The average Bonchev–Trinajstić information content (AvgIpc) is 1.99. The number of hydrogen-bond acceptors (Lipinski definition) is 3. The van der Waals surface area contributed by atoms with Gasteiger partial charge in [0, 0.05) is 18.5 Å². The van der Waals surface area contributed by atoms with E-state index in [1.54, 1.807) is 6.92 Å². The third kappa shape index (κ3) is 3.58. The number of aliphatic hydroxyl groups excluding tert-OH is 1. The van der Waals surface area contributed by atoms with E-state index in [4.69, 9.17) is 0 Å². The topological polar surface area (TPSA) is 40.5 Å². The molecule has 3 nitrogen and oxygen atoms in total. The minimum atomic E-state index is -0.253. The maximum absolute atomic E-state index is 11.4. The van der Waals surface area contributed by atoms with Crippen LogP contribution in [0, 0.1) is 11.3 Å². The summed E-state index contributed by atoms with van der Waals surface area (Å²) >= 11 is 0. The summed E-state index contributed by atoms with van der Waals surface area (Å²) < 4.78 is 0. The molecule has 0 bridgehead atoms. The van der Waals surface area contributed by atoms with Crippen molar-refractivity contribution in [3.8, 4) is 0 Å². The summed E-state index contributed by atoms with van der Waals surface area (Å²) in [6, 6.07) is 0. The molecule has 1 aliphatic carbocycles. The Balaban J connectivity index is 2.29. The maximum Gasteiger partial charge on any atom is 0.136 e. The van der Waals surface area contributed by atoms with E-state index < -0.39 is 0 Å². The van der Waals surface area contributed by atoms with Crippen LogP contribution in [0.1, 0.15) is 33.6 Å². The average molecular weight is 213 g/mol. The smallest absolute Gasteiger partial charge is 0.136 e. The SMILES string of the molecule is CC(=O)C(C)(C)CN(C)CC1CC(O)C1. The summed E-state index contributed by atoms with van der Waals surface area (Å²) in [7, 11) is 2.05. The highest BCUT2D eigenvalue weighted by atomic mass is 16.3. The van der Waals surface area contributed by atoms with Gasteiger partial charge in [-0.3, -0.25) is 4.79 Å². The van der Waals surface area contributed by atoms with Crippen molar-refractivity contribution in [3.05, 3.63) is 0 Å². The van der Waals surface area contributed by atoms with Gasteiger partial charge in [-0.05, 0) is 32.7 Å². The number of aliphatic hydroxyl groups is 1. The largest absolute Gasteiger partial charge is 0.393 e. The molecule has 0 aliphatic heterocycles. The molecule has 0 unspecified atom stereocenters. The lowest BCUT2D eigenvalue weighted by atomic mass is 9.81. The Labute approximate surface area is 92.5 Å². The van der Waals surface area contributed by atoms with Crippen LogP contribution in [-0.4, -0.2) is 42.0 Å². The molecule has 0 atom stereocenters. The molecule has 15 heavy (non-hydrogen) atoms. The van der Waals surface area contributed by atoms with E-state index in [1.807, 2.05) is 13.8 Å². The third-order valence-corrected chi connectivity index (χ3v) is 3.40. The van der Waals surface area contributed by atoms with Crippen LogP contribution in [-0.2, 0) is 4.79 Å². The first kappa shape index (κ1) is 12.7. The van der Waals surface area contributed by atoms with Gasteiger partial charge in [0.05, 0.1) is 6.10 Å². The molecule has 0 amide bonds. The van der Waals surface area contributed by atoms with Crippen molar-refractivity contribution in [2.24, 2.45) is 11.3 Å². The number of carbonyl (C=O) groups excluding carboxylic acids is 1. The van der Waals surface area contributed by atoms with E-state index in [1.165, 1.54) is 0 Å². The minimum Gasteiger partial charge on any atom is -0.393 e. The normalized spacial score (nSPS) is 26.5. The van der Waals surface area contributed by atoms with Gasteiger partial charge in [0.15, 0.2) is 0 Å². The summed E-state index contributed by atoms with van der Waals surface area (Å²) in [5.74, 6) is 0.857. The lowest BCUT2D eigenvalue weighted by Gasteiger charge is -2.36. The molecule has 0 aromatic heterocycles. The van der Waals surface area contributed by atoms with Gasteiger partial charge in [0.1, 0.15) is 5.78 Å². The molecular formula is C12H23NO2. The number of carbonyl (C=O) groups is 1. The summed E-state index contributed by atoms with van der Waals surface area (Å²) in [6.45, 7) is 7.42. The van der Waals surface area contributed by atoms with Crippen molar-refractivity contribution in [3.63, 3.8) is 0 Å². The zero-order valence-electron chi connectivity index (χ0n) is 10.3. The standard InChI is InChI=1S/C12H23NO2/c1-9(14)12(2,3)8-13(4)7-10-5-11(15)6-10/h10-11,15H,5-8H2,1-4H3. The second kappa shape index (κ2) is 4.62. The summed E-state index contributed by atoms with van der Waals surface area (Å²) in [5.41, 5.74) is -0.253. The van der Waals surface area contributed by atoms with Crippen LogP contribution in [0.5, 0.6) is 0 Å². The van der Waals surface area contributed by atoms with Gasteiger partial charge in [0.2, 0.25) is 0 Å². The molecule has 0 heterocycles. The Morgan fingerprint density at radius 3 is 2.40 bits per heavy atom. The van der Waals surface area contributed by atoms with Crippen LogP contribution in [0.3, 0.4) is 0 Å². The van der Waals surface area contributed by atoms with Crippen molar-refractivity contribution in [2.45, 2.75) is 39.7 Å². The molecule has 3 heteroatoms. The Kier molecular flexibility index (Phi) is 3.90. The predicted molar refractivity (Wildman–Crippen MR) is 60.7 cm³/mol. The van der Waals surface area contributed by atoms with Crippen LogP contribution in [0.2, 0.25) is 0 Å². The van der Waals surface area contributed by atoms with Gasteiger partial charge < -0.3 is 10.0 Å². The van der Waals surface area contributed by atoms with E-state index in [-0.39, 0.29) is 17.3 Å². The first-order valence-corrected chi connectivity index (χ1v) is 5.69. The molecule has 1 fully saturated rings.